The fourth-order valence-corrected chi connectivity index (χ4v) is 3.49. The van der Waals surface area contributed by atoms with Crippen molar-refractivity contribution in [2.45, 2.75) is 19.4 Å². The number of benzene rings is 2. The topological polar surface area (TPSA) is 112 Å². The second kappa shape index (κ2) is 6.14. The lowest BCUT2D eigenvalue weighted by atomic mass is 10.0. The zero-order chi connectivity index (χ0) is 18.3. The highest BCUT2D eigenvalue weighted by Crippen LogP contribution is 2.30. The first-order valence-corrected chi connectivity index (χ1v) is 8.29. The number of nitrogens with one attached hydrogen (secondary N) is 2. The largest absolute Gasteiger partial charge is 0.367 e. The van der Waals surface area contributed by atoms with Gasteiger partial charge in [-0.25, -0.2) is 0 Å². The van der Waals surface area contributed by atoms with E-state index in [2.05, 4.69) is 20.9 Å². The summed E-state index contributed by atoms with van der Waals surface area (Å²) in [4.78, 5) is 41.2. The summed E-state index contributed by atoms with van der Waals surface area (Å²) < 4.78 is 0. The molecule has 3 aromatic rings. The van der Waals surface area contributed by atoms with E-state index in [0.717, 1.165) is 25.1 Å². The molecular weight excluding hydrogens is 336 g/mol. The first kappa shape index (κ1) is 16.1. The summed E-state index contributed by atoms with van der Waals surface area (Å²) in [6, 6.07) is 10.8. The summed E-state index contributed by atoms with van der Waals surface area (Å²) in [6.45, 7) is 1.21. The van der Waals surface area contributed by atoms with Crippen molar-refractivity contribution >= 4 is 22.4 Å². The number of non-ortho nitro benzene ring substituents is 1. The van der Waals surface area contributed by atoms with Gasteiger partial charge in [0.05, 0.1) is 16.0 Å². The van der Waals surface area contributed by atoms with Crippen molar-refractivity contribution in [3.05, 3.63) is 78.3 Å². The number of hydrogen-bond donors (Lipinski definition) is 2. The number of anilines is 1. The van der Waals surface area contributed by atoms with Crippen molar-refractivity contribution in [1.82, 2.24) is 9.97 Å². The molecular formula is C18H16N4O4. The van der Waals surface area contributed by atoms with Crippen LogP contribution < -0.4 is 16.0 Å². The van der Waals surface area contributed by atoms with E-state index in [1.54, 1.807) is 0 Å². The molecule has 0 unspecified atom stereocenters. The Balaban J connectivity index is 1.86. The Hall–Kier alpha value is -3.42. The molecule has 0 atom stereocenters. The first-order chi connectivity index (χ1) is 12.5. The van der Waals surface area contributed by atoms with E-state index in [9.17, 15) is 19.7 Å². The monoisotopic (exact) mass is 352 g/mol. The Bertz CT molecular complexity index is 1130. The maximum Gasteiger partial charge on any atom is 0.314 e. The molecule has 0 bridgehead atoms. The molecule has 0 amide bonds. The number of nitro groups is 1. The maximum atomic E-state index is 11.7. The number of rotatable bonds is 3. The van der Waals surface area contributed by atoms with Gasteiger partial charge < -0.3 is 14.9 Å². The Morgan fingerprint density at radius 2 is 1.88 bits per heavy atom. The van der Waals surface area contributed by atoms with E-state index >= 15 is 0 Å². The molecule has 1 aliphatic rings. The van der Waals surface area contributed by atoms with E-state index in [-0.39, 0.29) is 11.2 Å². The molecule has 2 aromatic carbocycles. The van der Waals surface area contributed by atoms with E-state index in [1.165, 1.54) is 17.7 Å². The van der Waals surface area contributed by atoms with Gasteiger partial charge in [-0.1, -0.05) is 18.2 Å². The molecule has 0 aliphatic carbocycles. The second-order valence-electron chi connectivity index (χ2n) is 6.35. The smallest absolute Gasteiger partial charge is 0.314 e. The van der Waals surface area contributed by atoms with Gasteiger partial charge in [0.2, 0.25) is 0 Å². The van der Waals surface area contributed by atoms with Crippen LogP contribution >= 0.6 is 0 Å². The van der Waals surface area contributed by atoms with E-state index in [4.69, 9.17) is 0 Å². The van der Waals surface area contributed by atoms with Gasteiger partial charge in [-0.3, -0.25) is 19.7 Å². The Morgan fingerprint density at radius 3 is 2.69 bits per heavy atom. The lowest BCUT2D eigenvalue weighted by molar-refractivity contribution is -0.384. The highest BCUT2D eigenvalue weighted by molar-refractivity contribution is 5.81. The number of hydrogen-bond acceptors (Lipinski definition) is 5. The minimum Gasteiger partial charge on any atom is -0.367 e. The molecule has 2 heterocycles. The number of nitro benzene ring substituents is 1. The summed E-state index contributed by atoms with van der Waals surface area (Å²) in [5.74, 6) is 0. The highest BCUT2D eigenvalue weighted by atomic mass is 16.6. The van der Waals surface area contributed by atoms with Crippen molar-refractivity contribution in [1.29, 1.82) is 0 Å². The average molecular weight is 352 g/mol. The van der Waals surface area contributed by atoms with Crippen LogP contribution in [0.5, 0.6) is 0 Å². The Kier molecular flexibility index (Phi) is 3.80. The summed E-state index contributed by atoms with van der Waals surface area (Å²) in [5.41, 5.74) is 1.87. The average Bonchev–Trinajstić information content (AvgIpc) is 2.63. The second-order valence-corrected chi connectivity index (χ2v) is 6.35. The van der Waals surface area contributed by atoms with Gasteiger partial charge in [-0.05, 0) is 24.5 Å². The van der Waals surface area contributed by atoms with Crippen LogP contribution in [0, 0.1) is 10.1 Å². The lowest BCUT2D eigenvalue weighted by Crippen LogP contribution is -2.31. The summed E-state index contributed by atoms with van der Waals surface area (Å²) in [5, 5.41) is 11.3. The van der Waals surface area contributed by atoms with Crippen molar-refractivity contribution in [2.75, 3.05) is 11.4 Å². The molecule has 26 heavy (non-hydrogen) atoms. The number of para-hydroxylation sites is 1. The Labute approximate surface area is 147 Å². The minimum absolute atomic E-state index is 0.125. The van der Waals surface area contributed by atoms with Crippen LogP contribution in [-0.4, -0.2) is 21.4 Å². The first-order valence-electron chi connectivity index (χ1n) is 8.29. The molecule has 0 radical (unpaired) electrons. The van der Waals surface area contributed by atoms with E-state index < -0.39 is 16.0 Å². The van der Waals surface area contributed by atoms with E-state index in [0.29, 0.717) is 17.6 Å². The van der Waals surface area contributed by atoms with Gasteiger partial charge in [-0.15, -0.1) is 0 Å². The van der Waals surface area contributed by atoms with Gasteiger partial charge in [0, 0.05) is 36.5 Å². The number of fused-ring (bicyclic) bond motifs is 2. The number of aromatic amines is 2. The SMILES string of the molecule is O=c1[nH]c2cc([N+](=O)[O-])cc(CN3CCCc4ccccc43)c2[nH]c1=O. The van der Waals surface area contributed by atoms with Crippen LogP contribution in [0.2, 0.25) is 0 Å². The van der Waals surface area contributed by atoms with Gasteiger partial charge >= 0.3 is 11.1 Å². The summed E-state index contributed by atoms with van der Waals surface area (Å²) in [7, 11) is 0. The van der Waals surface area contributed by atoms with Gasteiger partial charge in [0.1, 0.15) is 0 Å². The fourth-order valence-electron chi connectivity index (χ4n) is 3.49. The van der Waals surface area contributed by atoms with Crippen LogP contribution in [0.4, 0.5) is 11.4 Å². The number of aryl methyl sites for hydroxylation is 1. The number of aromatic nitrogens is 2. The predicted molar refractivity (Wildman–Crippen MR) is 97.7 cm³/mol. The molecule has 0 fully saturated rings. The summed E-state index contributed by atoms with van der Waals surface area (Å²) in [6.07, 6.45) is 1.98. The molecule has 0 spiro atoms. The van der Waals surface area contributed by atoms with Gasteiger partial charge in [-0.2, -0.15) is 0 Å². The van der Waals surface area contributed by atoms with Crippen molar-refractivity contribution in [2.24, 2.45) is 0 Å². The third kappa shape index (κ3) is 2.75. The molecule has 132 valence electrons. The van der Waals surface area contributed by atoms with Crippen LogP contribution in [0.15, 0.2) is 46.0 Å². The minimum atomic E-state index is -0.827. The summed E-state index contributed by atoms with van der Waals surface area (Å²) >= 11 is 0. The molecule has 1 aliphatic heterocycles. The number of H-pyrrole nitrogens is 2. The molecule has 8 nitrogen and oxygen atoms in total. The zero-order valence-corrected chi connectivity index (χ0v) is 13.8. The molecule has 8 heteroatoms. The quantitative estimate of drug-likeness (QED) is 0.426. The normalized spacial score (nSPS) is 13.6. The molecule has 0 saturated carbocycles. The highest BCUT2D eigenvalue weighted by Gasteiger charge is 2.20. The zero-order valence-electron chi connectivity index (χ0n) is 13.8. The molecule has 1 aromatic heterocycles. The third-order valence-corrected chi connectivity index (χ3v) is 4.68. The predicted octanol–water partition coefficient (Wildman–Crippen LogP) is 2.08. The lowest BCUT2D eigenvalue weighted by Gasteiger charge is -2.31. The molecule has 2 N–H and O–H groups in total. The van der Waals surface area contributed by atoms with Gasteiger partial charge in [0.15, 0.2) is 0 Å². The number of nitrogens with zero attached hydrogens (tertiary/aromatic N) is 2. The van der Waals surface area contributed by atoms with Crippen LogP contribution in [-0.2, 0) is 13.0 Å². The fraction of sp³-hybridized carbons (Fsp3) is 0.222. The molecule has 4 rings (SSSR count). The van der Waals surface area contributed by atoms with Gasteiger partial charge in [0.25, 0.3) is 5.69 Å². The molecule has 0 saturated heterocycles. The third-order valence-electron chi connectivity index (χ3n) is 4.68. The van der Waals surface area contributed by atoms with Crippen molar-refractivity contribution in [3.8, 4) is 0 Å². The van der Waals surface area contributed by atoms with E-state index in [1.807, 2.05) is 18.2 Å². The van der Waals surface area contributed by atoms with Crippen molar-refractivity contribution in [3.63, 3.8) is 0 Å². The van der Waals surface area contributed by atoms with Crippen molar-refractivity contribution < 1.29 is 4.92 Å². The van der Waals surface area contributed by atoms with Crippen LogP contribution in [0.25, 0.3) is 11.0 Å². The Morgan fingerprint density at radius 1 is 1.12 bits per heavy atom. The van der Waals surface area contributed by atoms with Crippen LogP contribution in [0.3, 0.4) is 0 Å². The van der Waals surface area contributed by atoms with Crippen LogP contribution in [0.1, 0.15) is 17.5 Å². The standard InChI is InChI=1S/C18H16N4O4/c23-17-18(24)20-16-12(8-13(22(25)26)9-14(16)19-17)10-21-7-3-5-11-4-1-2-6-15(11)21/h1-2,4,6,8-9H,3,5,7,10H2,(H,19,23)(H,20,24). The maximum absolute atomic E-state index is 11.7.